The average Bonchev–Trinajstić information content (AvgIpc) is 2.80. The first-order chi connectivity index (χ1) is 16.3. The van der Waals surface area contributed by atoms with Gasteiger partial charge in [0, 0.05) is 29.7 Å². The Morgan fingerprint density at radius 3 is 2.37 bits per heavy atom. The van der Waals surface area contributed by atoms with Crippen molar-refractivity contribution < 1.29 is 22.9 Å². The van der Waals surface area contributed by atoms with Gasteiger partial charge in [0.05, 0.1) is 16.9 Å². The smallest absolute Gasteiger partial charge is 0.271 e. The highest BCUT2D eigenvalue weighted by Crippen LogP contribution is 2.24. The molecular formula is C23H29ClN4O6S. The number of rotatable bonds is 11. The number of carbonyl (C=O) groups is 2. The molecular weight excluding hydrogens is 496 g/mol. The molecule has 0 aliphatic carbocycles. The van der Waals surface area contributed by atoms with E-state index in [-0.39, 0.29) is 24.0 Å². The van der Waals surface area contributed by atoms with Crippen molar-refractivity contribution in [1.82, 2.24) is 10.2 Å². The van der Waals surface area contributed by atoms with Crippen LogP contribution in [0.5, 0.6) is 0 Å². The number of nitro benzene ring substituents is 1. The summed E-state index contributed by atoms with van der Waals surface area (Å²) in [7, 11) is -4.00. The first kappa shape index (κ1) is 28.1. The van der Waals surface area contributed by atoms with Crippen molar-refractivity contribution in [2.24, 2.45) is 0 Å². The van der Waals surface area contributed by atoms with E-state index in [9.17, 15) is 28.1 Å². The minimum absolute atomic E-state index is 0.0375. The number of hydrogen-bond acceptors (Lipinski definition) is 6. The molecule has 12 heteroatoms. The Balaban J connectivity index is 2.44. The zero-order valence-electron chi connectivity index (χ0n) is 20.0. The topological polar surface area (TPSA) is 130 Å². The van der Waals surface area contributed by atoms with Crippen LogP contribution in [0.2, 0.25) is 5.02 Å². The SMILES string of the molecule is CCC(C)NC(=O)C(C)N(Cc1ccccc1Cl)C(=O)CN(c1cccc([N+](=O)[O-])c1)S(C)(=O)=O. The van der Waals surface area contributed by atoms with Gasteiger partial charge in [0.1, 0.15) is 12.6 Å². The lowest BCUT2D eigenvalue weighted by molar-refractivity contribution is -0.384. The third kappa shape index (κ3) is 7.66. The van der Waals surface area contributed by atoms with Crippen LogP contribution in [0.4, 0.5) is 11.4 Å². The number of nitrogens with zero attached hydrogens (tertiary/aromatic N) is 3. The minimum atomic E-state index is -4.00. The summed E-state index contributed by atoms with van der Waals surface area (Å²) in [6.45, 7) is 4.58. The molecule has 2 aromatic rings. The number of benzene rings is 2. The van der Waals surface area contributed by atoms with Gasteiger partial charge in [-0.3, -0.25) is 24.0 Å². The van der Waals surface area contributed by atoms with Crippen LogP contribution in [0, 0.1) is 10.1 Å². The average molecular weight is 525 g/mol. The maximum absolute atomic E-state index is 13.5. The molecule has 2 unspecified atom stereocenters. The second-order valence-corrected chi connectivity index (χ2v) is 10.5. The Hall–Kier alpha value is -3.18. The molecule has 0 radical (unpaired) electrons. The molecule has 0 aromatic heterocycles. The van der Waals surface area contributed by atoms with Gasteiger partial charge in [0.15, 0.2) is 0 Å². The van der Waals surface area contributed by atoms with Crippen molar-refractivity contribution in [3.8, 4) is 0 Å². The summed E-state index contributed by atoms with van der Waals surface area (Å²) in [5.74, 6) is -1.07. The molecule has 0 aliphatic rings. The van der Waals surface area contributed by atoms with E-state index in [0.717, 1.165) is 16.6 Å². The molecule has 0 bridgehead atoms. The van der Waals surface area contributed by atoms with E-state index >= 15 is 0 Å². The summed E-state index contributed by atoms with van der Waals surface area (Å²) >= 11 is 6.28. The highest BCUT2D eigenvalue weighted by molar-refractivity contribution is 7.92. The third-order valence-corrected chi connectivity index (χ3v) is 6.98. The quantitative estimate of drug-likeness (QED) is 0.354. The molecule has 10 nitrogen and oxygen atoms in total. The van der Waals surface area contributed by atoms with Crippen molar-refractivity contribution in [3.63, 3.8) is 0 Å². The lowest BCUT2D eigenvalue weighted by Gasteiger charge is -2.32. The summed E-state index contributed by atoms with van der Waals surface area (Å²) in [6.07, 6.45) is 1.59. The number of halogens is 1. The van der Waals surface area contributed by atoms with E-state index in [4.69, 9.17) is 11.6 Å². The predicted octanol–water partition coefficient (Wildman–Crippen LogP) is 3.35. The predicted molar refractivity (Wildman–Crippen MR) is 135 cm³/mol. The molecule has 35 heavy (non-hydrogen) atoms. The molecule has 2 atom stereocenters. The lowest BCUT2D eigenvalue weighted by Crippen LogP contribution is -2.52. The van der Waals surface area contributed by atoms with Gasteiger partial charge in [0.25, 0.3) is 5.69 Å². The van der Waals surface area contributed by atoms with Crippen LogP contribution in [-0.4, -0.2) is 54.9 Å². The highest BCUT2D eigenvalue weighted by atomic mass is 35.5. The molecule has 0 fully saturated rings. The Morgan fingerprint density at radius 1 is 1.14 bits per heavy atom. The van der Waals surface area contributed by atoms with Crippen LogP contribution < -0.4 is 9.62 Å². The van der Waals surface area contributed by atoms with Gasteiger partial charge >= 0.3 is 0 Å². The maximum atomic E-state index is 13.5. The fourth-order valence-electron chi connectivity index (χ4n) is 3.23. The minimum Gasteiger partial charge on any atom is -0.352 e. The third-order valence-electron chi connectivity index (χ3n) is 5.47. The van der Waals surface area contributed by atoms with Crippen molar-refractivity contribution >= 4 is 44.8 Å². The number of hydrogen-bond donors (Lipinski definition) is 1. The summed E-state index contributed by atoms with van der Waals surface area (Å²) < 4.78 is 25.9. The molecule has 190 valence electrons. The van der Waals surface area contributed by atoms with Gasteiger partial charge < -0.3 is 10.2 Å². The Labute approximate surface area is 210 Å². The zero-order valence-corrected chi connectivity index (χ0v) is 21.5. The number of sulfonamides is 1. The van der Waals surface area contributed by atoms with Gasteiger partial charge in [-0.15, -0.1) is 0 Å². The van der Waals surface area contributed by atoms with Crippen molar-refractivity contribution in [2.75, 3.05) is 17.1 Å². The number of nitrogens with one attached hydrogen (secondary N) is 1. The van der Waals surface area contributed by atoms with E-state index in [1.54, 1.807) is 31.2 Å². The van der Waals surface area contributed by atoms with Crippen LogP contribution in [0.3, 0.4) is 0 Å². The second-order valence-electron chi connectivity index (χ2n) is 8.15. The molecule has 0 saturated carbocycles. The Kier molecular flexibility index (Phi) is 9.61. The lowest BCUT2D eigenvalue weighted by atomic mass is 10.1. The molecule has 0 aliphatic heterocycles. The number of amides is 2. The molecule has 2 amide bonds. The molecule has 2 aromatic carbocycles. The molecule has 0 spiro atoms. The van der Waals surface area contributed by atoms with E-state index in [2.05, 4.69) is 5.32 Å². The fraction of sp³-hybridized carbons (Fsp3) is 0.391. The van der Waals surface area contributed by atoms with Crippen molar-refractivity contribution in [2.45, 2.75) is 45.8 Å². The largest absolute Gasteiger partial charge is 0.352 e. The maximum Gasteiger partial charge on any atom is 0.271 e. The first-order valence-corrected chi connectivity index (χ1v) is 13.1. The highest BCUT2D eigenvalue weighted by Gasteiger charge is 2.31. The van der Waals surface area contributed by atoms with E-state index < -0.39 is 39.3 Å². The first-order valence-electron chi connectivity index (χ1n) is 10.9. The fourth-order valence-corrected chi connectivity index (χ4v) is 4.27. The van der Waals surface area contributed by atoms with Crippen LogP contribution in [0.15, 0.2) is 48.5 Å². The van der Waals surface area contributed by atoms with E-state index in [1.807, 2.05) is 13.8 Å². The molecule has 0 heterocycles. The van der Waals surface area contributed by atoms with Gasteiger partial charge in [-0.05, 0) is 38.0 Å². The second kappa shape index (κ2) is 12.0. The Morgan fingerprint density at radius 2 is 1.80 bits per heavy atom. The van der Waals surface area contributed by atoms with Crippen LogP contribution in [0.25, 0.3) is 0 Å². The molecule has 0 saturated heterocycles. The number of carbonyl (C=O) groups excluding carboxylic acids is 2. The van der Waals surface area contributed by atoms with Crippen LogP contribution in [-0.2, 0) is 26.2 Å². The summed E-state index contributed by atoms with van der Waals surface area (Å²) in [5.41, 5.74) is 0.217. The van der Waals surface area contributed by atoms with Crippen LogP contribution >= 0.6 is 11.6 Å². The van der Waals surface area contributed by atoms with Crippen molar-refractivity contribution in [1.29, 1.82) is 0 Å². The number of non-ortho nitro benzene ring substituents is 1. The Bertz CT molecular complexity index is 1190. The van der Waals surface area contributed by atoms with Gasteiger partial charge in [-0.1, -0.05) is 42.8 Å². The van der Waals surface area contributed by atoms with Gasteiger partial charge in [-0.2, -0.15) is 0 Å². The zero-order chi connectivity index (χ0) is 26.3. The standard InChI is InChI=1S/C23H29ClN4O6S/c1-5-16(2)25-23(30)17(3)26(14-18-9-6-7-12-21(18)24)22(29)15-27(35(4,33)34)19-10-8-11-20(13-19)28(31)32/h6-13,16-17H,5,14-15H2,1-4H3,(H,25,30). The normalized spacial score (nSPS) is 12.9. The van der Waals surface area contributed by atoms with Gasteiger partial charge in [-0.25, -0.2) is 8.42 Å². The molecule has 2 rings (SSSR count). The van der Waals surface area contributed by atoms with Gasteiger partial charge in [0.2, 0.25) is 21.8 Å². The van der Waals surface area contributed by atoms with Crippen LogP contribution in [0.1, 0.15) is 32.8 Å². The van der Waals surface area contributed by atoms with E-state index in [0.29, 0.717) is 17.0 Å². The monoisotopic (exact) mass is 524 g/mol. The summed E-state index contributed by atoms with van der Waals surface area (Å²) in [4.78, 5) is 38.1. The van der Waals surface area contributed by atoms with Crippen molar-refractivity contribution in [3.05, 3.63) is 69.2 Å². The molecule has 1 N–H and O–H groups in total. The van der Waals surface area contributed by atoms with E-state index in [1.165, 1.54) is 23.1 Å². The summed E-state index contributed by atoms with van der Waals surface area (Å²) in [6, 6.07) is 10.7. The number of anilines is 1. The summed E-state index contributed by atoms with van der Waals surface area (Å²) in [5, 5.41) is 14.4. The number of nitro groups is 1.